The summed E-state index contributed by atoms with van der Waals surface area (Å²) in [6.07, 6.45) is 1.16. The molecule has 0 atom stereocenters. The van der Waals surface area contributed by atoms with Gasteiger partial charge in [0.25, 0.3) is 0 Å². The molecule has 0 aliphatic heterocycles. The molecule has 0 N–H and O–H groups in total. The van der Waals surface area contributed by atoms with Crippen molar-refractivity contribution in [2.45, 2.75) is 40.5 Å². The Bertz CT molecular complexity index is 798. The quantitative estimate of drug-likeness (QED) is 0.484. The predicted octanol–water partition coefficient (Wildman–Crippen LogP) is -4.03. The number of hydrogen-bond donors (Lipinski definition) is 0. The number of carbonyl (C=O) groups excluding carboxylic acids is 2. The summed E-state index contributed by atoms with van der Waals surface area (Å²) in [5.74, 6) is -2.44. The van der Waals surface area contributed by atoms with Gasteiger partial charge in [0, 0.05) is 11.1 Å². The Morgan fingerprint density at radius 1 is 0.769 bits per heavy atom. The van der Waals surface area contributed by atoms with E-state index in [9.17, 15) is 19.8 Å². The summed E-state index contributed by atoms with van der Waals surface area (Å²) in [6.45, 7) is 8.07. The molecule has 0 radical (unpaired) electrons. The van der Waals surface area contributed by atoms with Crippen LogP contribution in [0.4, 0.5) is 0 Å². The number of hydrogen-bond acceptors (Lipinski definition) is 4. The van der Waals surface area contributed by atoms with Crippen LogP contribution in [0.3, 0.4) is 0 Å². The van der Waals surface area contributed by atoms with E-state index in [-0.39, 0.29) is 76.2 Å². The van der Waals surface area contributed by atoms with Gasteiger partial charge in [-0.25, -0.2) is 0 Å². The molecule has 0 amide bonds. The van der Waals surface area contributed by atoms with Crippen LogP contribution in [0.5, 0.6) is 0 Å². The monoisotopic (exact) mass is 372 g/mol. The summed E-state index contributed by atoms with van der Waals surface area (Å²) >= 11 is 0. The van der Waals surface area contributed by atoms with Gasteiger partial charge >= 0.3 is 59.1 Å². The number of aromatic carboxylic acids is 2. The van der Waals surface area contributed by atoms with Gasteiger partial charge in [-0.3, -0.25) is 0 Å². The van der Waals surface area contributed by atoms with Crippen molar-refractivity contribution in [3.05, 3.63) is 46.5 Å². The number of carboxylic acids is 2. The van der Waals surface area contributed by atoms with Gasteiger partial charge in [-0.2, -0.15) is 0 Å². The third-order valence-corrected chi connectivity index (χ3v) is 4.07. The Labute approximate surface area is 199 Å². The van der Waals surface area contributed by atoms with Gasteiger partial charge < -0.3 is 19.8 Å². The Morgan fingerprint density at radius 2 is 1.19 bits per heavy atom. The van der Waals surface area contributed by atoms with Crippen molar-refractivity contribution in [3.8, 4) is 0 Å². The van der Waals surface area contributed by atoms with Crippen LogP contribution in [0.15, 0.2) is 24.3 Å². The minimum atomic E-state index is -1.48. The van der Waals surface area contributed by atoms with E-state index in [0.717, 1.165) is 10.9 Å². The minimum Gasteiger partial charge on any atom is -0.545 e. The molecule has 0 heterocycles. The zero-order valence-electron chi connectivity index (χ0n) is 16.5. The predicted molar refractivity (Wildman–Crippen MR) is 89.7 cm³/mol. The van der Waals surface area contributed by atoms with E-state index in [2.05, 4.69) is 13.8 Å². The molecule has 0 aromatic heterocycles. The molecule has 2 aromatic carbocycles. The van der Waals surface area contributed by atoms with Crippen molar-refractivity contribution in [1.29, 1.82) is 0 Å². The van der Waals surface area contributed by atoms with Crippen molar-refractivity contribution in [3.63, 3.8) is 0 Å². The fraction of sp³-hybridized carbons (Fsp3) is 0.400. The van der Waals surface area contributed by atoms with Crippen molar-refractivity contribution in [2.75, 3.05) is 0 Å². The topological polar surface area (TPSA) is 80.3 Å². The van der Waals surface area contributed by atoms with E-state index in [1.54, 1.807) is 12.1 Å². The second-order valence-corrected chi connectivity index (χ2v) is 7.02. The van der Waals surface area contributed by atoms with Gasteiger partial charge in [0.1, 0.15) is 0 Å². The SMILES string of the molecule is CC(C)Cc1c(C(=O)[O-])c(C(=O)[O-])c2ccccc2c1CC(C)C.[Na+].[Na+]. The average molecular weight is 372 g/mol. The Kier molecular flexibility index (Phi) is 10.7. The molecule has 6 heteroatoms. The maximum absolute atomic E-state index is 11.8. The smallest absolute Gasteiger partial charge is 0.545 e. The van der Waals surface area contributed by atoms with Crippen LogP contribution in [-0.2, 0) is 12.8 Å². The zero-order valence-corrected chi connectivity index (χ0v) is 20.5. The van der Waals surface area contributed by atoms with Crippen molar-refractivity contribution in [1.82, 2.24) is 0 Å². The first-order valence-electron chi connectivity index (χ1n) is 8.23. The number of carbonyl (C=O) groups is 2. The van der Waals surface area contributed by atoms with Crippen LogP contribution in [-0.4, -0.2) is 11.9 Å². The fourth-order valence-corrected chi connectivity index (χ4v) is 3.28. The first kappa shape index (κ1) is 25.6. The van der Waals surface area contributed by atoms with Crippen LogP contribution in [0, 0.1) is 11.8 Å². The standard InChI is InChI=1S/C20H24O4.2Na/c1-11(2)9-15-13-7-5-6-8-14(13)17(19(21)22)18(20(23)24)16(15)10-12(3)4;;/h5-8,11-12H,9-10H2,1-4H3,(H,21,22)(H,23,24);;/q;2*+1/p-2. The van der Waals surface area contributed by atoms with Crippen LogP contribution >= 0.6 is 0 Å². The summed E-state index contributed by atoms with van der Waals surface area (Å²) in [5.41, 5.74) is 0.974. The van der Waals surface area contributed by atoms with Crippen LogP contribution in [0.25, 0.3) is 10.8 Å². The van der Waals surface area contributed by atoms with E-state index in [1.165, 1.54) is 0 Å². The molecule has 0 fully saturated rings. The molecule has 0 bridgehead atoms. The molecule has 26 heavy (non-hydrogen) atoms. The molecular formula is C20H22Na2O4. The van der Waals surface area contributed by atoms with Crippen molar-refractivity contribution >= 4 is 22.7 Å². The number of rotatable bonds is 6. The Balaban J connectivity index is 0.00000312. The van der Waals surface area contributed by atoms with Crippen LogP contribution < -0.4 is 69.3 Å². The number of benzene rings is 2. The molecule has 0 unspecified atom stereocenters. The van der Waals surface area contributed by atoms with Crippen molar-refractivity contribution < 1.29 is 78.9 Å². The average Bonchev–Trinajstić information content (AvgIpc) is 2.47. The Morgan fingerprint density at radius 3 is 1.62 bits per heavy atom. The molecule has 0 aliphatic carbocycles. The normalized spacial score (nSPS) is 10.5. The fourth-order valence-electron chi connectivity index (χ4n) is 3.28. The molecule has 0 saturated heterocycles. The Hall–Kier alpha value is -0.360. The van der Waals surface area contributed by atoms with Gasteiger partial charge in [0.2, 0.25) is 0 Å². The first-order valence-corrected chi connectivity index (χ1v) is 8.23. The largest absolute Gasteiger partial charge is 1.00 e. The van der Waals surface area contributed by atoms with Crippen LogP contribution in [0.1, 0.15) is 59.5 Å². The van der Waals surface area contributed by atoms with E-state index < -0.39 is 11.9 Å². The maximum Gasteiger partial charge on any atom is 1.00 e. The molecule has 0 aliphatic rings. The number of carboxylic acid groups (broad SMARTS) is 2. The van der Waals surface area contributed by atoms with E-state index in [4.69, 9.17) is 0 Å². The second kappa shape index (κ2) is 10.8. The van der Waals surface area contributed by atoms with E-state index in [0.29, 0.717) is 29.7 Å². The van der Waals surface area contributed by atoms with E-state index in [1.807, 2.05) is 26.0 Å². The second-order valence-electron chi connectivity index (χ2n) is 7.02. The van der Waals surface area contributed by atoms with Gasteiger partial charge in [0.05, 0.1) is 11.9 Å². The molecule has 4 nitrogen and oxygen atoms in total. The summed E-state index contributed by atoms with van der Waals surface area (Å²) in [5, 5.41) is 24.7. The van der Waals surface area contributed by atoms with Gasteiger partial charge in [-0.15, -0.1) is 0 Å². The van der Waals surface area contributed by atoms with Gasteiger partial charge in [-0.1, -0.05) is 52.0 Å². The molecule has 128 valence electrons. The summed E-state index contributed by atoms with van der Waals surface area (Å²) in [4.78, 5) is 23.5. The third kappa shape index (κ3) is 5.57. The molecular weight excluding hydrogens is 350 g/mol. The number of fused-ring (bicyclic) bond motifs is 1. The summed E-state index contributed by atoms with van der Waals surface area (Å²) in [7, 11) is 0. The third-order valence-electron chi connectivity index (χ3n) is 4.07. The van der Waals surface area contributed by atoms with Crippen molar-refractivity contribution in [2.24, 2.45) is 11.8 Å². The molecule has 2 aromatic rings. The molecule has 0 saturated carbocycles. The molecule has 0 spiro atoms. The zero-order chi connectivity index (χ0) is 18.0. The van der Waals surface area contributed by atoms with Gasteiger partial charge in [0.15, 0.2) is 0 Å². The summed E-state index contributed by atoms with van der Waals surface area (Å²) in [6, 6.07) is 7.02. The molecule has 2 rings (SSSR count). The maximum atomic E-state index is 11.8. The van der Waals surface area contributed by atoms with Gasteiger partial charge in [-0.05, 0) is 46.6 Å². The van der Waals surface area contributed by atoms with Crippen LogP contribution in [0.2, 0.25) is 0 Å². The first-order chi connectivity index (χ1) is 11.2. The summed E-state index contributed by atoms with van der Waals surface area (Å²) < 4.78 is 0. The van der Waals surface area contributed by atoms with E-state index >= 15 is 0 Å². The minimum absolute atomic E-state index is 0.